The predicted molar refractivity (Wildman–Crippen MR) is 88.4 cm³/mol. The van der Waals surface area contributed by atoms with Gasteiger partial charge in [-0.05, 0) is 53.5 Å². The fourth-order valence-corrected chi connectivity index (χ4v) is 4.22. The second-order valence-electron chi connectivity index (χ2n) is 5.45. The molecule has 2 N–H and O–H groups in total. The molecular formula is C14H20BrN3O3S. The third kappa shape index (κ3) is 3.87. The molecule has 1 fully saturated rings. The van der Waals surface area contributed by atoms with Crippen LogP contribution in [-0.2, 0) is 10.0 Å². The van der Waals surface area contributed by atoms with E-state index in [1.165, 1.54) is 26.2 Å². The van der Waals surface area contributed by atoms with Crippen LogP contribution in [0.2, 0.25) is 0 Å². The standard InChI is InChI=1S/C14H20BrN3O3S/c1-18(2)22(20,21)13-6-5-10(8-12(13)15)14(19)17-11-4-3-7-16-9-11/h5-6,8,11,16H,3-4,7,9H2,1-2H3,(H,17,19). The summed E-state index contributed by atoms with van der Waals surface area (Å²) in [5.41, 5.74) is 0.440. The molecule has 22 heavy (non-hydrogen) atoms. The third-order valence-electron chi connectivity index (χ3n) is 3.58. The van der Waals surface area contributed by atoms with Gasteiger partial charge in [-0.3, -0.25) is 4.79 Å². The molecule has 0 aliphatic carbocycles. The van der Waals surface area contributed by atoms with Gasteiger partial charge in [0, 0.05) is 36.7 Å². The minimum atomic E-state index is -3.53. The highest BCUT2D eigenvalue weighted by Gasteiger charge is 2.22. The Morgan fingerprint density at radius 2 is 2.14 bits per heavy atom. The molecule has 122 valence electrons. The van der Waals surface area contributed by atoms with Crippen molar-refractivity contribution in [1.29, 1.82) is 0 Å². The Bertz CT molecular complexity index is 655. The number of hydrogen-bond acceptors (Lipinski definition) is 4. The van der Waals surface area contributed by atoms with E-state index < -0.39 is 10.0 Å². The normalized spacial score (nSPS) is 19.2. The third-order valence-corrected chi connectivity index (χ3v) is 6.38. The van der Waals surface area contributed by atoms with Crippen molar-refractivity contribution in [3.63, 3.8) is 0 Å². The lowest BCUT2D eigenvalue weighted by Crippen LogP contribution is -2.45. The number of rotatable bonds is 4. The summed E-state index contributed by atoms with van der Waals surface area (Å²) in [7, 11) is -0.591. The number of amides is 1. The molecule has 1 saturated heterocycles. The van der Waals surface area contributed by atoms with Crippen molar-refractivity contribution in [2.24, 2.45) is 0 Å². The highest BCUT2D eigenvalue weighted by atomic mass is 79.9. The van der Waals surface area contributed by atoms with Crippen LogP contribution in [-0.4, -0.2) is 51.9 Å². The molecule has 1 aliphatic rings. The molecule has 2 rings (SSSR count). The van der Waals surface area contributed by atoms with Gasteiger partial charge >= 0.3 is 0 Å². The number of nitrogens with zero attached hydrogens (tertiary/aromatic N) is 1. The average molecular weight is 390 g/mol. The lowest BCUT2D eigenvalue weighted by molar-refractivity contribution is 0.0930. The highest BCUT2D eigenvalue weighted by Crippen LogP contribution is 2.25. The summed E-state index contributed by atoms with van der Waals surface area (Å²) in [6.45, 7) is 1.75. The Kier molecular flexibility index (Phi) is 5.60. The number of hydrogen-bond donors (Lipinski definition) is 2. The average Bonchev–Trinajstić information content (AvgIpc) is 2.47. The molecule has 1 amide bonds. The van der Waals surface area contributed by atoms with Crippen molar-refractivity contribution in [3.05, 3.63) is 28.2 Å². The summed E-state index contributed by atoms with van der Waals surface area (Å²) in [6.07, 6.45) is 1.99. The van der Waals surface area contributed by atoms with Crippen LogP contribution in [0, 0.1) is 0 Å². The van der Waals surface area contributed by atoms with Crippen LogP contribution in [0.1, 0.15) is 23.2 Å². The summed E-state index contributed by atoms with van der Waals surface area (Å²) >= 11 is 3.25. The number of piperidine rings is 1. The molecule has 0 aromatic heterocycles. The van der Waals surface area contributed by atoms with Gasteiger partial charge in [-0.15, -0.1) is 0 Å². The van der Waals surface area contributed by atoms with Gasteiger partial charge in [0.25, 0.3) is 5.91 Å². The topological polar surface area (TPSA) is 78.5 Å². The van der Waals surface area contributed by atoms with Gasteiger partial charge in [-0.1, -0.05) is 0 Å². The lowest BCUT2D eigenvalue weighted by atomic mass is 10.1. The molecule has 6 nitrogen and oxygen atoms in total. The summed E-state index contributed by atoms with van der Waals surface area (Å²) in [5.74, 6) is -0.191. The monoisotopic (exact) mass is 389 g/mol. The summed E-state index contributed by atoms with van der Waals surface area (Å²) in [4.78, 5) is 12.4. The summed E-state index contributed by atoms with van der Waals surface area (Å²) in [5, 5.41) is 6.20. The van der Waals surface area contributed by atoms with E-state index in [-0.39, 0.29) is 16.8 Å². The van der Waals surface area contributed by atoms with E-state index in [1.807, 2.05) is 0 Å². The molecule has 0 spiro atoms. The Hall–Kier alpha value is -0.960. The van der Waals surface area contributed by atoms with Crippen molar-refractivity contribution in [2.75, 3.05) is 27.2 Å². The minimum Gasteiger partial charge on any atom is -0.348 e. The molecule has 1 aliphatic heterocycles. The van der Waals surface area contributed by atoms with Crippen molar-refractivity contribution in [3.8, 4) is 0 Å². The molecule has 1 unspecified atom stereocenters. The molecule has 1 atom stereocenters. The molecule has 0 radical (unpaired) electrons. The lowest BCUT2D eigenvalue weighted by Gasteiger charge is -2.24. The number of halogens is 1. The Balaban J connectivity index is 2.16. The highest BCUT2D eigenvalue weighted by molar-refractivity contribution is 9.10. The molecule has 0 saturated carbocycles. The SMILES string of the molecule is CN(C)S(=O)(=O)c1ccc(C(=O)NC2CCCNC2)cc1Br. The van der Waals surface area contributed by atoms with Gasteiger partial charge in [0.05, 0.1) is 4.90 Å². The van der Waals surface area contributed by atoms with E-state index in [9.17, 15) is 13.2 Å². The quantitative estimate of drug-likeness (QED) is 0.810. The van der Waals surface area contributed by atoms with Crippen molar-refractivity contribution in [2.45, 2.75) is 23.8 Å². The van der Waals surface area contributed by atoms with Gasteiger partial charge in [-0.2, -0.15) is 0 Å². The smallest absolute Gasteiger partial charge is 0.251 e. The Morgan fingerprint density at radius 1 is 1.41 bits per heavy atom. The summed E-state index contributed by atoms with van der Waals surface area (Å²) in [6, 6.07) is 4.65. The first kappa shape index (κ1) is 17.4. The van der Waals surface area contributed by atoms with E-state index in [4.69, 9.17) is 0 Å². The van der Waals surface area contributed by atoms with Crippen LogP contribution < -0.4 is 10.6 Å². The van der Waals surface area contributed by atoms with Crippen LogP contribution in [0.15, 0.2) is 27.6 Å². The van der Waals surface area contributed by atoms with Crippen LogP contribution in [0.5, 0.6) is 0 Å². The second kappa shape index (κ2) is 7.08. The Labute approximate surface area is 139 Å². The van der Waals surface area contributed by atoms with E-state index in [1.54, 1.807) is 6.07 Å². The molecule has 1 aromatic carbocycles. The van der Waals surface area contributed by atoms with Crippen LogP contribution in [0.25, 0.3) is 0 Å². The molecule has 1 aromatic rings. The zero-order chi connectivity index (χ0) is 16.3. The van der Waals surface area contributed by atoms with Crippen molar-refractivity contribution in [1.82, 2.24) is 14.9 Å². The fourth-order valence-electron chi connectivity index (χ4n) is 2.29. The second-order valence-corrected chi connectivity index (χ2v) is 8.42. The van der Waals surface area contributed by atoms with Crippen molar-refractivity contribution < 1.29 is 13.2 Å². The number of carbonyl (C=O) groups is 1. The maximum Gasteiger partial charge on any atom is 0.251 e. The fraction of sp³-hybridized carbons (Fsp3) is 0.500. The predicted octanol–water partition coefficient (Wildman–Crippen LogP) is 1.18. The molecule has 1 heterocycles. The maximum atomic E-state index is 12.2. The van der Waals surface area contributed by atoms with E-state index >= 15 is 0 Å². The molecule has 8 heteroatoms. The first-order valence-corrected chi connectivity index (χ1v) is 9.29. The van der Waals surface area contributed by atoms with Crippen LogP contribution >= 0.6 is 15.9 Å². The number of sulfonamides is 1. The first-order valence-electron chi connectivity index (χ1n) is 7.06. The maximum absolute atomic E-state index is 12.2. The van der Waals surface area contributed by atoms with Gasteiger partial charge < -0.3 is 10.6 Å². The van der Waals surface area contributed by atoms with Gasteiger partial charge in [0.15, 0.2) is 0 Å². The van der Waals surface area contributed by atoms with E-state index in [0.717, 1.165) is 30.2 Å². The summed E-state index contributed by atoms with van der Waals surface area (Å²) < 4.78 is 25.8. The molecular weight excluding hydrogens is 370 g/mol. The minimum absolute atomic E-state index is 0.116. The number of benzene rings is 1. The number of carbonyl (C=O) groups excluding carboxylic acids is 1. The first-order chi connectivity index (χ1) is 10.3. The van der Waals surface area contributed by atoms with Gasteiger partial charge in [-0.25, -0.2) is 12.7 Å². The molecule has 0 bridgehead atoms. The van der Waals surface area contributed by atoms with E-state index in [0.29, 0.717) is 10.0 Å². The number of nitrogens with one attached hydrogen (secondary N) is 2. The van der Waals surface area contributed by atoms with E-state index in [2.05, 4.69) is 26.6 Å². The Morgan fingerprint density at radius 3 is 2.68 bits per heavy atom. The van der Waals surface area contributed by atoms with Crippen molar-refractivity contribution >= 4 is 31.9 Å². The largest absolute Gasteiger partial charge is 0.348 e. The van der Waals surface area contributed by atoms with Gasteiger partial charge in [0.2, 0.25) is 10.0 Å². The zero-order valence-electron chi connectivity index (χ0n) is 12.6. The van der Waals surface area contributed by atoms with Gasteiger partial charge in [0.1, 0.15) is 0 Å². The zero-order valence-corrected chi connectivity index (χ0v) is 15.0. The van der Waals surface area contributed by atoms with Crippen LogP contribution in [0.3, 0.4) is 0 Å². The van der Waals surface area contributed by atoms with Crippen LogP contribution in [0.4, 0.5) is 0 Å².